The van der Waals surface area contributed by atoms with Crippen molar-refractivity contribution >= 4 is 6.09 Å². The maximum atomic E-state index is 11.9. The zero-order valence-corrected chi connectivity index (χ0v) is 11.5. The zero-order chi connectivity index (χ0) is 13.8. The van der Waals surface area contributed by atoms with E-state index in [0.717, 1.165) is 0 Å². The molecule has 0 aliphatic carbocycles. The maximum Gasteiger partial charge on any atom is 0.410 e. The van der Waals surface area contributed by atoms with Gasteiger partial charge in [-0.05, 0) is 20.8 Å². The number of hydrogen-bond donors (Lipinski definition) is 1. The highest BCUT2D eigenvalue weighted by molar-refractivity contribution is 5.68. The van der Waals surface area contributed by atoms with Gasteiger partial charge in [-0.25, -0.2) is 4.79 Å². The summed E-state index contributed by atoms with van der Waals surface area (Å²) in [5, 5.41) is 9.27. The number of carbonyl (C=O) groups excluding carboxylic acids is 1. The summed E-state index contributed by atoms with van der Waals surface area (Å²) >= 11 is 0. The van der Waals surface area contributed by atoms with Crippen molar-refractivity contribution < 1.29 is 24.1 Å². The fourth-order valence-electron chi connectivity index (χ4n) is 1.84. The predicted molar refractivity (Wildman–Crippen MR) is 65.1 cm³/mol. The van der Waals surface area contributed by atoms with Gasteiger partial charge >= 0.3 is 6.09 Å². The van der Waals surface area contributed by atoms with E-state index in [9.17, 15) is 9.90 Å². The molecule has 0 aromatic heterocycles. The zero-order valence-electron chi connectivity index (χ0n) is 11.5. The Morgan fingerprint density at radius 1 is 1.39 bits per heavy atom. The lowest BCUT2D eigenvalue weighted by molar-refractivity contribution is -0.0847. The first-order chi connectivity index (χ1) is 8.37. The molecule has 0 aromatic rings. The summed E-state index contributed by atoms with van der Waals surface area (Å²) in [6, 6.07) is 0. The number of rotatable bonds is 4. The predicted octanol–water partition coefficient (Wildman–Crippen LogP) is 0.835. The number of ether oxygens (including phenoxy) is 3. The molecule has 1 amide bonds. The Labute approximate surface area is 108 Å². The summed E-state index contributed by atoms with van der Waals surface area (Å²) < 4.78 is 15.6. The van der Waals surface area contributed by atoms with Gasteiger partial charge in [0.25, 0.3) is 0 Å². The summed E-state index contributed by atoms with van der Waals surface area (Å²) in [5.74, 6) is -0.0901. The molecule has 1 saturated heterocycles. The van der Waals surface area contributed by atoms with E-state index in [-0.39, 0.29) is 31.5 Å². The van der Waals surface area contributed by atoms with E-state index in [0.29, 0.717) is 13.1 Å². The average Bonchev–Trinajstić information content (AvgIpc) is 2.67. The average molecular weight is 261 g/mol. The molecule has 6 heteroatoms. The summed E-state index contributed by atoms with van der Waals surface area (Å²) in [7, 11) is 1.54. The van der Waals surface area contributed by atoms with Crippen molar-refractivity contribution in [3.8, 4) is 0 Å². The molecular formula is C12H23NO5. The monoisotopic (exact) mass is 261 g/mol. The lowest BCUT2D eigenvalue weighted by Crippen LogP contribution is -2.36. The number of aliphatic hydroxyl groups is 1. The molecule has 1 aliphatic rings. The van der Waals surface area contributed by atoms with Crippen LogP contribution < -0.4 is 0 Å². The first-order valence-corrected chi connectivity index (χ1v) is 6.06. The van der Waals surface area contributed by atoms with E-state index in [1.54, 1.807) is 4.90 Å². The van der Waals surface area contributed by atoms with Crippen molar-refractivity contribution in [3.63, 3.8) is 0 Å². The highest BCUT2D eigenvalue weighted by atomic mass is 16.7. The Kier molecular flexibility index (Phi) is 5.37. The lowest BCUT2D eigenvalue weighted by atomic mass is 10.1. The molecule has 1 heterocycles. The van der Waals surface area contributed by atoms with Crippen LogP contribution in [0.3, 0.4) is 0 Å². The standard InChI is InChI=1S/C12H23NO5/c1-12(2,3)18-11(15)13-5-9(7-14)10(6-13)17-8-16-4/h9-10,14H,5-8H2,1-4H3/t9-,10?/m1/s1. The first kappa shape index (κ1) is 15.2. The summed E-state index contributed by atoms with van der Waals surface area (Å²) in [5.41, 5.74) is -0.517. The number of amides is 1. The van der Waals surface area contributed by atoms with E-state index in [2.05, 4.69) is 0 Å². The van der Waals surface area contributed by atoms with Gasteiger partial charge in [-0.15, -0.1) is 0 Å². The van der Waals surface area contributed by atoms with Gasteiger partial charge in [0.1, 0.15) is 12.4 Å². The molecule has 18 heavy (non-hydrogen) atoms. The van der Waals surface area contributed by atoms with Crippen LogP contribution in [0.25, 0.3) is 0 Å². The molecule has 0 radical (unpaired) electrons. The van der Waals surface area contributed by atoms with Crippen LogP contribution in [-0.4, -0.2) is 61.4 Å². The molecule has 0 spiro atoms. The van der Waals surface area contributed by atoms with E-state index in [1.165, 1.54) is 7.11 Å². The largest absolute Gasteiger partial charge is 0.444 e. The van der Waals surface area contributed by atoms with Gasteiger partial charge in [-0.2, -0.15) is 0 Å². The van der Waals surface area contributed by atoms with Gasteiger partial charge in [0.15, 0.2) is 0 Å². The summed E-state index contributed by atoms with van der Waals surface area (Å²) in [6.07, 6.45) is -0.577. The second kappa shape index (κ2) is 6.36. The second-order valence-electron chi connectivity index (χ2n) is 5.44. The van der Waals surface area contributed by atoms with Gasteiger partial charge in [0.05, 0.1) is 19.3 Å². The third-order valence-electron chi connectivity index (χ3n) is 2.67. The van der Waals surface area contributed by atoms with Crippen LogP contribution in [0.4, 0.5) is 4.79 Å². The molecule has 0 bridgehead atoms. The molecule has 0 aromatic carbocycles. The van der Waals surface area contributed by atoms with Crippen LogP contribution in [0.1, 0.15) is 20.8 Å². The molecule has 1 N–H and O–H groups in total. The maximum absolute atomic E-state index is 11.9. The minimum Gasteiger partial charge on any atom is -0.444 e. The first-order valence-electron chi connectivity index (χ1n) is 6.06. The number of carbonyl (C=O) groups is 1. The third kappa shape index (κ3) is 4.44. The fourth-order valence-corrected chi connectivity index (χ4v) is 1.84. The number of hydrogen-bond acceptors (Lipinski definition) is 5. The Bertz CT molecular complexity index is 276. The molecule has 2 atom stereocenters. The van der Waals surface area contributed by atoms with Crippen LogP contribution in [0.15, 0.2) is 0 Å². The van der Waals surface area contributed by atoms with Gasteiger partial charge < -0.3 is 24.2 Å². The van der Waals surface area contributed by atoms with E-state index >= 15 is 0 Å². The molecule has 6 nitrogen and oxygen atoms in total. The number of methoxy groups -OCH3 is 1. The second-order valence-corrected chi connectivity index (χ2v) is 5.44. The molecule has 0 saturated carbocycles. The molecule has 1 rings (SSSR count). The quantitative estimate of drug-likeness (QED) is 0.759. The van der Waals surface area contributed by atoms with Gasteiger partial charge in [0, 0.05) is 19.6 Å². The van der Waals surface area contributed by atoms with Gasteiger partial charge in [-0.3, -0.25) is 0 Å². The minimum absolute atomic E-state index is 0.0202. The van der Waals surface area contributed by atoms with Crippen molar-refractivity contribution in [2.45, 2.75) is 32.5 Å². The van der Waals surface area contributed by atoms with E-state index < -0.39 is 5.60 Å². The molecule has 1 fully saturated rings. The molecule has 1 unspecified atom stereocenters. The Hall–Kier alpha value is -0.850. The molecule has 106 valence electrons. The van der Waals surface area contributed by atoms with Crippen LogP contribution in [0, 0.1) is 5.92 Å². The number of likely N-dealkylation sites (tertiary alicyclic amines) is 1. The van der Waals surface area contributed by atoms with Gasteiger partial charge in [0.2, 0.25) is 0 Å². The number of aliphatic hydroxyl groups excluding tert-OH is 1. The normalized spacial score (nSPS) is 24.4. The van der Waals surface area contributed by atoms with Crippen LogP contribution in [-0.2, 0) is 14.2 Å². The lowest BCUT2D eigenvalue weighted by Gasteiger charge is -2.24. The van der Waals surface area contributed by atoms with Crippen molar-refractivity contribution in [3.05, 3.63) is 0 Å². The van der Waals surface area contributed by atoms with Crippen molar-refractivity contribution in [1.29, 1.82) is 0 Å². The van der Waals surface area contributed by atoms with Crippen LogP contribution in [0.2, 0.25) is 0 Å². The van der Waals surface area contributed by atoms with E-state index in [4.69, 9.17) is 14.2 Å². The molecular weight excluding hydrogens is 238 g/mol. The topological polar surface area (TPSA) is 68.2 Å². The van der Waals surface area contributed by atoms with Crippen molar-refractivity contribution in [2.24, 2.45) is 5.92 Å². The Morgan fingerprint density at radius 2 is 2.06 bits per heavy atom. The minimum atomic E-state index is -0.517. The van der Waals surface area contributed by atoms with Crippen molar-refractivity contribution in [1.82, 2.24) is 4.90 Å². The summed E-state index contributed by atoms with van der Waals surface area (Å²) in [4.78, 5) is 13.4. The van der Waals surface area contributed by atoms with Crippen LogP contribution >= 0.6 is 0 Å². The highest BCUT2D eigenvalue weighted by Crippen LogP contribution is 2.22. The Morgan fingerprint density at radius 3 is 2.56 bits per heavy atom. The highest BCUT2D eigenvalue weighted by Gasteiger charge is 2.37. The van der Waals surface area contributed by atoms with E-state index in [1.807, 2.05) is 20.8 Å². The summed E-state index contributed by atoms with van der Waals surface area (Å²) in [6.45, 7) is 6.47. The number of nitrogens with zero attached hydrogens (tertiary/aromatic N) is 1. The Balaban J connectivity index is 2.52. The smallest absolute Gasteiger partial charge is 0.410 e. The van der Waals surface area contributed by atoms with Gasteiger partial charge in [-0.1, -0.05) is 0 Å². The third-order valence-corrected chi connectivity index (χ3v) is 2.67. The van der Waals surface area contributed by atoms with Crippen molar-refractivity contribution in [2.75, 3.05) is 33.6 Å². The van der Waals surface area contributed by atoms with Crippen LogP contribution in [0.5, 0.6) is 0 Å². The fraction of sp³-hybridized carbons (Fsp3) is 0.917. The molecule has 1 aliphatic heterocycles. The SMILES string of the molecule is COCOC1CN(C(=O)OC(C)(C)C)C[C@@H]1CO.